The number of aryl methyl sites for hydroxylation is 1. The van der Waals surface area contributed by atoms with E-state index in [4.69, 9.17) is 9.72 Å². The van der Waals surface area contributed by atoms with Crippen LogP contribution < -0.4 is 14.5 Å². The summed E-state index contributed by atoms with van der Waals surface area (Å²) in [7, 11) is 0. The summed E-state index contributed by atoms with van der Waals surface area (Å²) in [6.07, 6.45) is 8.48. The topological polar surface area (TPSA) is 33.5 Å². The third-order valence-corrected chi connectivity index (χ3v) is 12.1. The molecule has 9 rings (SSSR count). The zero-order valence-corrected chi connectivity index (χ0v) is 34.1. The predicted octanol–water partition coefficient (Wildman–Crippen LogP) is 14.2. The zero-order chi connectivity index (χ0) is 38.8. The first-order valence-electron chi connectivity index (χ1n) is 20.5. The second-order valence-electron chi connectivity index (χ2n) is 18.1. The van der Waals surface area contributed by atoms with Gasteiger partial charge in [0, 0.05) is 40.5 Å². The highest BCUT2D eigenvalue weighted by molar-refractivity contribution is 6.09. The Labute approximate surface area is 332 Å². The molecule has 0 amide bonds. The van der Waals surface area contributed by atoms with Crippen LogP contribution in [0.5, 0.6) is 11.5 Å². The molecule has 5 aromatic carbocycles. The van der Waals surface area contributed by atoms with Crippen molar-refractivity contribution in [3.63, 3.8) is 0 Å². The van der Waals surface area contributed by atoms with E-state index in [1.165, 1.54) is 82.2 Å². The van der Waals surface area contributed by atoms with Crippen LogP contribution in [0, 0.1) is 6.92 Å². The molecular formula is C51H54N4O. The minimum atomic E-state index is -0.0855. The van der Waals surface area contributed by atoms with Gasteiger partial charge in [0.15, 0.2) is 0 Å². The van der Waals surface area contributed by atoms with Crippen molar-refractivity contribution in [1.82, 2.24) is 9.55 Å². The Kier molecular flexibility index (Phi) is 8.95. The van der Waals surface area contributed by atoms with Gasteiger partial charge in [-0.1, -0.05) is 103 Å². The number of hydrogen-bond donors (Lipinski definition) is 0. The van der Waals surface area contributed by atoms with Crippen molar-refractivity contribution in [3.8, 4) is 17.3 Å². The highest BCUT2D eigenvalue weighted by Gasteiger charge is 2.32. The predicted molar refractivity (Wildman–Crippen MR) is 235 cm³/mol. The van der Waals surface area contributed by atoms with Crippen molar-refractivity contribution < 1.29 is 4.74 Å². The summed E-state index contributed by atoms with van der Waals surface area (Å²) in [5.74, 6) is 3.15. The van der Waals surface area contributed by atoms with Gasteiger partial charge in [-0.25, -0.2) is 4.98 Å². The fraction of sp³-hybridized carbons (Fsp3) is 0.314. The number of nitrogens with zero attached hydrogens (tertiary/aromatic N) is 4. The normalized spacial score (nSPS) is 15.2. The monoisotopic (exact) mass is 738 g/mol. The Morgan fingerprint density at radius 2 is 1.29 bits per heavy atom. The number of fused-ring (bicyclic) bond motifs is 4. The second-order valence-corrected chi connectivity index (χ2v) is 18.1. The number of benzene rings is 5. The minimum Gasteiger partial charge on any atom is -0.457 e. The summed E-state index contributed by atoms with van der Waals surface area (Å²) in [6.45, 7) is 16.6. The summed E-state index contributed by atoms with van der Waals surface area (Å²) >= 11 is 0. The summed E-state index contributed by atoms with van der Waals surface area (Å²) in [4.78, 5) is 9.92. The second kappa shape index (κ2) is 13.9. The fourth-order valence-electron chi connectivity index (χ4n) is 9.10. The number of aromatic nitrogens is 2. The van der Waals surface area contributed by atoms with Gasteiger partial charge in [-0.3, -0.25) is 4.57 Å². The van der Waals surface area contributed by atoms with E-state index in [9.17, 15) is 0 Å². The molecule has 1 saturated carbocycles. The molecule has 7 aromatic rings. The van der Waals surface area contributed by atoms with Gasteiger partial charge in [-0.2, -0.15) is 0 Å². The maximum Gasteiger partial charge on any atom is 0.137 e. The lowest BCUT2D eigenvalue weighted by Gasteiger charge is -2.31. The third kappa shape index (κ3) is 6.51. The molecule has 0 atom stereocenters. The maximum atomic E-state index is 6.93. The van der Waals surface area contributed by atoms with Gasteiger partial charge in [0.25, 0.3) is 0 Å². The molecule has 5 nitrogen and oxygen atoms in total. The molecule has 2 aromatic heterocycles. The van der Waals surface area contributed by atoms with Crippen molar-refractivity contribution in [1.29, 1.82) is 0 Å². The van der Waals surface area contributed by atoms with E-state index in [-0.39, 0.29) is 10.8 Å². The van der Waals surface area contributed by atoms with Gasteiger partial charge in [-0.15, -0.1) is 0 Å². The number of para-hydroxylation sites is 3. The van der Waals surface area contributed by atoms with Crippen molar-refractivity contribution in [2.75, 3.05) is 16.5 Å². The van der Waals surface area contributed by atoms with E-state index in [1.807, 2.05) is 6.20 Å². The maximum absolute atomic E-state index is 6.93. The third-order valence-electron chi connectivity index (χ3n) is 12.1. The van der Waals surface area contributed by atoms with Crippen LogP contribution in [-0.4, -0.2) is 16.2 Å². The van der Waals surface area contributed by atoms with Crippen LogP contribution in [0.25, 0.3) is 27.6 Å². The first-order chi connectivity index (χ1) is 26.9. The molecule has 0 radical (unpaired) electrons. The molecule has 284 valence electrons. The van der Waals surface area contributed by atoms with E-state index in [1.54, 1.807) is 0 Å². The first kappa shape index (κ1) is 36.1. The van der Waals surface area contributed by atoms with Crippen LogP contribution in [-0.2, 0) is 10.8 Å². The first-order valence-corrected chi connectivity index (χ1v) is 20.5. The van der Waals surface area contributed by atoms with Crippen LogP contribution in [0.2, 0.25) is 0 Å². The lowest BCUT2D eigenvalue weighted by Crippen LogP contribution is -2.26. The number of rotatable bonds is 6. The molecule has 1 aliphatic carbocycles. The summed E-state index contributed by atoms with van der Waals surface area (Å²) < 4.78 is 9.21. The number of pyridine rings is 1. The van der Waals surface area contributed by atoms with E-state index >= 15 is 0 Å². The summed E-state index contributed by atoms with van der Waals surface area (Å²) in [6, 6.07) is 42.0. The molecule has 3 heterocycles. The molecule has 0 spiro atoms. The van der Waals surface area contributed by atoms with E-state index in [0.29, 0.717) is 5.92 Å². The molecule has 0 unspecified atom stereocenters. The Hall–Kier alpha value is -5.55. The van der Waals surface area contributed by atoms with Gasteiger partial charge >= 0.3 is 0 Å². The molecule has 1 aliphatic heterocycles. The zero-order valence-electron chi connectivity index (χ0n) is 34.1. The van der Waals surface area contributed by atoms with Crippen molar-refractivity contribution >= 4 is 44.6 Å². The molecule has 1 fully saturated rings. The standard InChI is InChI=1S/C51H54N4O/c1-34-16-15-23-46(49(34)35-17-9-8-10-18-35)54-33-53(44-21-13-14-22-45(44)54)38-28-37(51(5,6)7)29-40(31-38)56-39-24-25-42-41-19-11-12-20-43(41)55(47(42)32-39)48-30-36(26-27-52-48)50(2,3)4/h11-16,19-32,35H,8-10,17-18,33H2,1-7H3. The Morgan fingerprint density at radius 3 is 2.05 bits per heavy atom. The largest absolute Gasteiger partial charge is 0.457 e. The Morgan fingerprint density at radius 1 is 0.589 bits per heavy atom. The number of hydrogen-bond acceptors (Lipinski definition) is 4. The Balaban J connectivity index is 1.12. The van der Waals surface area contributed by atoms with Crippen LogP contribution in [0.4, 0.5) is 22.7 Å². The average Bonchev–Trinajstić information content (AvgIpc) is 3.73. The van der Waals surface area contributed by atoms with E-state index in [2.05, 4.69) is 178 Å². The van der Waals surface area contributed by atoms with Crippen LogP contribution in [0.3, 0.4) is 0 Å². The molecule has 0 saturated heterocycles. The van der Waals surface area contributed by atoms with E-state index in [0.717, 1.165) is 40.7 Å². The Bertz CT molecular complexity index is 2580. The van der Waals surface area contributed by atoms with Gasteiger partial charge in [0.05, 0.1) is 22.4 Å². The average molecular weight is 739 g/mol. The van der Waals surface area contributed by atoms with Gasteiger partial charge in [0.2, 0.25) is 0 Å². The number of ether oxygens (including phenoxy) is 1. The van der Waals surface area contributed by atoms with Crippen LogP contribution in [0.15, 0.2) is 121 Å². The van der Waals surface area contributed by atoms with Gasteiger partial charge in [0.1, 0.15) is 24.0 Å². The van der Waals surface area contributed by atoms with Crippen molar-refractivity contribution in [2.45, 2.75) is 97.3 Å². The lowest BCUT2D eigenvalue weighted by molar-refractivity contribution is 0.442. The highest BCUT2D eigenvalue weighted by Crippen LogP contribution is 2.49. The molecule has 0 bridgehead atoms. The van der Waals surface area contributed by atoms with E-state index < -0.39 is 0 Å². The summed E-state index contributed by atoms with van der Waals surface area (Å²) in [5, 5.41) is 2.38. The van der Waals surface area contributed by atoms with Crippen molar-refractivity contribution in [2.24, 2.45) is 0 Å². The van der Waals surface area contributed by atoms with Crippen molar-refractivity contribution in [3.05, 3.63) is 144 Å². The SMILES string of the molecule is Cc1cccc(N2CN(c3cc(Oc4ccc5c6ccccc6n(-c6cc(C(C)(C)C)ccn6)c5c4)cc(C(C)(C)C)c3)c3ccccc32)c1C1CCCCC1. The highest BCUT2D eigenvalue weighted by atomic mass is 16.5. The smallest absolute Gasteiger partial charge is 0.137 e. The molecule has 56 heavy (non-hydrogen) atoms. The molecular weight excluding hydrogens is 685 g/mol. The van der Waals surface area contributed by atoms with Crippen LogP contribution in [0.1, 0.15) is 102 Å². The summed E-state index contributed by atoms with van der Waals surface area (Å²) in [5.41, 5.74) is 12.5. The molecule has 0 N–H and O–H groups in total. The van der Waals surface area contributed by atoms with Crippen LogP contribution >= 0.6 is 0 Å². The number of anilines is 4. The minimum absolute atomic E-state index is 0.00506. The lowest BCUT2D eigenvalue weighted by atomic mass is 9.81. The van der Waals surface area contributed by atoms with Gasteiger partial charge < -0.3 is 14.5 Å². The fourth-order valence-corrected chi connectivity index (χ4v) is 9.10. The quantitative estimate of drug-likeness (QED) is 0.170. The van der Waals surface area contributed by atoms with Gasteiger partial charge in [-0.05, 0) is 119 Å². The molecule has 2 aliphatic rings. The molecule has 5 heteroatoms.